The number of hydrogen-bond acceptors (Lipinski definition) is 3. The summed E-state index contributed by atoms with van der Waals surface area (Å²) in [4.78, 5) is 13.6. The number of nitrogens with zero attached hydrogens (tertiary/aromatic N) is 1. The number of esters is 1. The average Bonchev–Trinajstić information content (AvgIpc) is 2.71. The van der Waals surface area contributed by atoms with Crippen LogP contribution in [-0.4, -0.2) is 50.3 Å². The van der Waals surface area contributed by atoms with Gasteiger partial charge >= 0.3 is 5.97 Å². The van der Waals surface area contributed by atoms with Crippen molar-refractivity contribution < 1.29 is 18.8 Å². The van der Waals surface area contributed by atoms with E-state index in [4.69, 9.17) is 9.47 Å². The molecular weight excluding hydrogens is 338 g/mol. The highest BCUT2D eigenvalue weighted by molar-refractivity contribution is 5.86. The highest BCUT2D eigenvalue weighted by Gasteiger charge is 2.50. The van der Waals surface area contributed by atoms with E-state index < -0.39 is 5.60 Å². The van der Waals surface area contributed by atoms with Gasteiger partial charge in [0.25, 0.3) is 0 Å². The van der Waals surface area contributed by atoms with Crippen LogP contribution in [0.5, 0.6) is 0 Å². The van der Waals surface area contributed by atoms with Gasteiger partial charge in [-0.05, 0) is 11.1 Å². The van der Waals surface area contributed by atoms with E-state index in [1.807, 2.05) is 60.7 Å². The third-order valence-electron chi connectivity index (χ3n) is 6.44. The molecule has 2 aromatic rings. The van der Waals surface area contributed by atoms with Gasteiger partial charge in [0.15, 0.2) is 6.10 Å². The SMILES string of the molecule is COC(C(=O)OC1C[N+]2(C)CCC1CC2)(c1ccccc1)c1ccccc1. The summed E-state index contributed by atoms with van der Waals surface area (Å²) in [5.74, 6) is 0.155. The minimum atomic E-state index is -1.24. The Kier molecular flexibility index (Phi) is 4.79. The van der Waals surface area contributed by atoms with Crippen LogP contribution in [0, 0.1) is 5.92 Å². The number of quaternary nitrogens is 1. The maximum Gasteiger partial charge on any atom is 0.348 e. The molecule has 5 rings (SSSR count). The molecule has 2 bridgehead atoms. The number of carbonyl (C=O) groups excluding carboxylic acids is 1. The number of likely N-dealkylation sites (N-methyl/N-ethyl adjacent to an activating group) is 1. The zero-order valence-electron chi connectivity index (χ0n) is 16.1. The van der Waals surface area contributed by atoms with Gasteiger partial charge in [-0.1, -0.05) is 60.7 Å². The molecule has 0 spiro atoms. The summed E-state index contributed by atoms with van der Waals surface area (Å²) < 4.78 is 13.1. The van der Waals surface area contributed by atoms with Crippen LogP contribution in [0.25, 0.3) is 0 Å². The highest BCUT2D eigenvalue weighted by Crippen LogP contribution is 2.38. The van der Waals surface area contributed by atoms with Gasteiger partial charge in [-0.25, -0.2) is 4.79 Å². The number of fused-ring (bicyclic) bond motifs is 3. The van der Waals surface area contributed by atoms with E-state index in [9.17, 15) is 4.79 Å². The number of carbonyl (C=O) groups is 1. The zero-order chi connectivity index (χ0) is 18.9. The molecule has 0 radical (unpaired) electrons. The molecular formula is C23H28NO3+. The van der Waals surface area contributed by atoms with Crippen LogP contribution in [0.4, 0.5) is 0 Å². The summed E-state index contributed by atoms with van der Waals surface area (Å²) in [6.07, 6.45) is 2.22. The fourth-order valence-electron chi connectivity index (χ4n) is 4.77. The van der Waals surface area contributed by atoms with Crippen LogP contribution in [0.15, 0.2) is 60.7 Å². The van der Waals surface area contributed by atoms with Crippen LogP contribution in [0.1, 0.15) is 24.0 Å². The Hall–Kier alpha value is -2.17. The van der Waals surface area contributed by atoms with E-state index in [0.717, 1.165) is 35.0 Å². The Morgan fingerprint density at radius 1 is 0.963 bits per heavy atom. The Labute approximate surface area is 161 Å². The number of piperidine rings is 3. The van der Waals surface area contributed by atoms with E-state index in [1.165, 1.54) is 13.1 Å². The molecule has 1 unspecified atom stereocenters. The molecule has 3 aliphatic rings. The molecule has 4 nitrogen and oxygen atoms in total. The molecule has 4 heteroatoms. The molecule has 0 amide bonds. The molecule has 3 aliphatic heterocycles. The second kappa shape index (κ2) is 7.10. The fourth-order valence-corrected chi connectivity index (χ4v) is 4.77. The summed E-state index contributed by atoms with van der Waals surface area (Å²) in [7, 11) is 3.86. The third-order valence-corrected chi connectivity index (χ3v) is 6.44. The van der Waals surface area contributed by atoms with Gasteiger partial charge in [-0.2, -0.15) is 0 Å². The lowest BCUT2D eigenvalue weighted by Gasteiger charge is -2.50. The second-order valence-corrected chi connectivity index (χ2v) is 8.15. The van der Waals surface area contributed by atoms with Gasteiger partial charge in [0.1, 0.15) is 6.54 Å². The maximum atomic E-state index is 13.6. The Bertz CT molecular complexity index is 742. The summed E-state index contributed by atoms with van der Waals surface area (Å²) >= 11 is 0. The van der Waals surface area contributed by atoms with E-state index >= 15 is 0 Å². The molecule has 142 valence electrons. The molecule has 3 fully saturated rings. The number of ether oxygens (including phenoxy) is 2. The number of methoxy groups -OCH3 is 1. The number of rotatable bonds is 5. The highest BCUT2D eigenvalue weighted by atomic mass is 16.6. The first-order valence-corrected chi connectivity index (χ1v) is 9.78. The zero-order valence-corrected chi connectivity index (χ0v) is 16.1. The standard InChI is InChI=1S/C23H28NO3/c1-24-15-13-18(14-16-24)21(17-24)27-22(25)23(26-2,19-9-5-3-6-10-19)20-11-7-4-8-12-20/h3-12,18,21H,13-17H2,1-2H3/q+1. The van der Waals surface area contributed by atoms with Crippen molar-refractivity contribution in [2.75, 3.05) is 33.8 Å². The molecule has 27 heavy (non-hydrogen) atoms. The van der Waals surface area contributed by atoms with Crippen molar-refractivity contribution >= 4 is 5.97 Å². The lowest BCUT2D eigenvalue weighted by Crippen LogP contribution is -2.62. The minimum absolute atomic E-state index is 0.0352. The van der Waals surface area contributed by atoms with Gasteiger partial charge in [0.05, 0.1) is 20.1 Å². The second-order valence-electron chi connectivity index (χ2n) is 8.15. The molecule has 0 aromatic heterocycles. The van der Waals surface area contributed by atoms with Crippen LogP contribution in [-0.2, 0) is 19.9 Å². The quantitative estimate of drug-likeness (QED) is 0.601. The molecule has 0 saturated carbocycles. The molecule has 1 atom stereocenters. The van der Waals surface area contributed by atoms with Crippen molar-refractivity contribution in [3.63, 3.8) is 0 Å². The summed E-state index contributed by atoms with van der Waals surface area (Å²) in [6.45, 7) is 3.27. The van der Waals surface area contributed by atoms with Crippen LogP contribution in [0.2, 0.25) is 0 Å². The van der Waals surface area contributed by atoms with Crippen molar-refractivity contribution in [1.29, 1.82) is 0 Å². The lowest BCUT2D eigenvalue weighted by molar-refractivity contribution is -0.928. The van der Waals surface area contributed by atoms with Crippen LogP contribution >= 0.6 is 0 Å². The van der Waals surface area contributed by atoms with E-state index in [-0.39, 0.29) is 12.1 Å². The summed E-state index contributed by atoms with van der Waals surface area (Å²) in [5, 5.41) is 0. The largest absolute Gasteiger partial charge is 0.453 e. The van der Waals surface area contributed by atoms with Crippen molar-refractivity contribution in [2.45, 2.75) is 24.5 Å². The topological polar surface area (TPSA) is 35.5 Å². The predicted molar refractivity (Wildman–Crippen MR) is 104 cm³/mol. The van der Waals surface area contributed by atoms with Crippen molar-refractivity contribution in [1.82, 2.24) is 0 Å². The smallest absolute Gasteiger partial charge is 0.348 e. The van der Waals surface area contributed by atoms with Gasteiger partial charge in [-0.3, -0.25) is 0 Å². The summed E-state index contributed by atoms with van der Waals surface area (Å²) in [6, 6.07) is 19.3. The monoisotopic (exact) mass is 366 g/mol. The van der Waals surface area contributed by atoms with Crippen molar-refractivity contribution in [2.24, 2.45) is 5.92 Å². The molecule has 3 saturated heterocycles. The van der Waals surface area contributed by atoms with E-state index in [0.29, 0.717) is 5.92 Å². The molecule has 0 aliphatic carbocycles. The first-order valence-electron chi connectivity index (χ1n) is 9.78. The Morgan fingerprint density at radius 2 is 1.48 bits per heavy atom. The van der Waals surface area contributed by atoms with Crippen LogP contribution in [0.3, 0.4) is 0 Å². The molecule has 0 N–H and O–H groups in total. The van der Waals surface area contributed by atoms with Crippen LogP contribution < -0.4 is 0 Å². The first kappa shape index (κ1) is 18.2. The molecule has 2 aromatic carbocycles. The van der Waals surface area contributed by atoms with Gasteiger partial charge in [0.2, 0.25) is 5.60 Å². The van der Waals surface area contributed by atoms with Gasteiger partial charge in [-0.15, -0.1) is 0 Å². The van der Waals surface area contributed by atoms with E-state index in [1.54, 1.807) is 7.11 Å². The minimum Gasteiger partial charge on any atom is -0.453 e. The predicted octanol–water partition coefficient (Wildman–Crippen LogP) is 3.36. The Morgan fingerprint density at radius 3 is 1.93 bits per heavy atom. The van der Waals surface area contributed by atoms with Crippen molar-refractivity contribution in [3.05, 3.63) is 71.8 Å². The molecule has 3 heterocycles. The third kappa shape index (κ3) is 3.17. The summed E-state index contributed by atoms with van der Waals surface area (Å²) in [5.41, 5.74) is 0.350. The number of benzene rings is 2. The van der Waals surface area contributed by atoms with Crippen molar-refractivity contribution in [3.8, 4) is 0 Å². The Balaban J connectivity index is 1.70. The lowest BCUT2D eigenvalue weighted by atomic mass is 9.83. The number of hydrogen-bond donors (Lipinski definition) is 0. The first-order chi connectivity index (χ1) is 13.1. The van der Waals surface area contributed by atoms with E-state index in [2.05, 4.69) is 7.05 Å². The normalized spacial score (nSPS) is 27.3. The van der Waals surface area contributed by atoms with Gasteiger partial charge < -0.3 is 14.0 Å². The average molecular weight is 366 g/mol. The van der Waals surface area contributed by atoms with Gasteiger partial charge in [0, 0.05) is 25.9 Å². The maximum absolute atomic E-state index is 13.6. The fraction of sp³-hybridized carbons (Fsp3) is 0.435.